The maximum absolute atomic E-state index is 12.8. The number of benzene rings is 1. The minimum absolute atomic E-state index is 0.188. The number of rotatable bonds is 6. The second-order valence-corrected chi connectivity index (χ2v) is 5.95. The first-order valence-corrected chi connectivity index (χ1v) is 7.58. The van der Waals surface area contributed by atoms with E-state index in [0.29, 0.717) is 6.04 Å². The number of thiazole rings is 1. The normalized spacial score (nSPS) is 12.6. The van der Waals surface area contributed by atoms with Gasteiger partial charge in [-0.05, 0) is 31.3 Å². The molecule has 1 aromatic carbocycles. The van der Waals surface area contributed by atoms with Crippen molar-refractivity contribution in [2.45, 2.75) is 17.4 Å². The van der Waals surface area contributed by atoms with Gasteiger partial charge < -0.3 is 5.32 Å². The molecule has 0 aliphatic rings. The minimum atomic E-state index is -0.188. The zero-order chi connectivity index (χ0) is 12.8. The Labute approximate surface area is 115 Å². The Morgan fingerprint density at radius 2 is 2.17 bits per heavy atom. The lowest BCUT2D eigenvalue weighted by atomic mass is 10.2. The van der Waals surface area contributed by atoms with E-state index in [-0.39, 0.29) is 5.82 Å². The Balaban J connectivity index is 1.85. The number of hydrogen-bond donors (Lipinski definition) is 1. The fraction of sp³-hybridized carbons (Fsp3) is 0.308. The molecule has 1 N–H and O–H groups in total. The van der Waals surface area contributed by atoms with Crippen LogP contribution in [0.5, 0.6) is 0 Å². The summed E-state index contributed by atoms with van der Waals surface area (Å²) >= 11 is 3.41. The van der Waals surface area contributed by atoms with Crippen molar-refractivity contribution in [3.8, 4) is 0 Å². The molecule has 0 fully saturated rings. The summed E-state index contributed by atoms with van der Waals surface area (Å²) in [5.74, 6) is 0.758. The van der Waals surface area contributed by atoms with Gasteiger partial charge in [-0.2, -0.15) is 0 Å². The molecule has 1 unspecified atom stereocenters. The van der Waals surface area contributed by atoms with Crippen LogP contribution in [-0.4, -0.2) is 23.8 Å². The summed E-state index contributed by atoms with van der Waals surface area (Å²) < 4.78 is 12.8. The number of thioether (sulfide) groups is 1. The van der Waals surface area contributed by atoms with Gasteiger partial charge >= 0.3 is 0 Å². The van der Waals surface area contributed by atoms with Crippen LogP contribution in [0.3, 0.4) is 0 Å². The van der Waals surface area contributed by atoms with Crippen molar-refractivity contribution in [3.05, 3.63) is 46.7 Å². The fourth-order valence-corrected chi connectivity index (χ4v) is 3.24. The number of nitrogens with zero attached hydrogens (tertiary/aromatic N) is 1. The Hall–Kier alpha value is -0.910. The Bertz CT molecular complexity index is 456. The van der Waals surface area contributed by atoms with Crippen molar-refractivity contribution in [1.29, 1.82) is 0 Å². The van der Waals surface area contributed by atoms with E-state index >= 15 is 0 Å². The molecule has 0 saturated carbocycles. The minimum Gasteiger partial charge on any atom is -0.316 e. The van der Waals surface area contributed by atoms with Crippen molar-refractivity contribution in [2.24, 2.45) is 0 Å². The van der Waals surface area contributed by atoms with E-state index in [1.165, 1.54) is 12.1 Å². The monoisotopic (exact) mass is 282 g/mol. The van der Waals surface area contributed by atoms with Crippen molar-refractivity contribution < 1.29 is 4.39 Å². The molecule has 96 valence electrons. The third-order valence-electron chi connectivity index (χ3n) is 2.58. The average molecular weight is 282 g/mol. The van der Waals surface area contributed by atoms with Crippen molar-refractivity contribution in [2.75, 3.05) is 12.8 Å². The van der Waals surface area contributed by atoms with Gasteiger partial charge in [-0.15, -0.1) is 23.1 Å². The largest absolute Gasteiger partial charge is 0.316 e. The Morgan fingerprint density at radius 1 is 1.39 bits per heavy atom. The summed E-state index contributed by atoms with van der Waals surface area (Å²) in [6.45, 7) is 0. The molecule has 0 aliphatic heterocycles. The van der Waals surface area contributed by atoms with Gasteiger partial charge in [0.05, 0.1) is 5.01 Å². The van der Waals surface area contributed by atoms with E-state index in [1.54, 1.807) is 23.1 Å². The van der Waals surface area contributed by atoms with Gasteiger partial charge in [-0.25, -0.2) is 9.37 Å². The second kappa shape index (κ2) is 6.87. The smallest absolute Gasteiger partial charge is 0.123 e. The molecule has 2 nitrogen and oxygen atoms in total. The van der Waals surface area contributed by atoms with Crippen LogP contribution in [0.25, 0.3) is 0 Å². The van der Waals surface area contributed by atoms with E-state index in [0.717, 1.165) is 22.1 Å². The molecule has 18 heavy (non-hydrogen) atoms. The molecule has 5 heteroatoms. The summed E-state index contributed by atoms with van der Waals surface area (Å²) in [4.78, 5) is 5.38. The van der Waals surface area contributed by atoms with Gasteiger partial charge in [0, 0.05) is 34.7 Å². The second-order valence-electron chi connectivity index (χ2n) is 3.88. The summed E-state index contributed by atoms with van der Waals surface area (Å²) in [6.07, 6.45) is 2.77. The van der Waals surface area contributed by atoms with Crippen LogP contribution in [0, 0.1) is 5.82 Å². The van der Waals surface area contributed by atoms with E-state index in [4.69, 9.17) is 0 Å². The zero-order valence-corrected chi connectivity index (χ0v) is 11.7. The molecule has 0 bridgehead atoms. The summed E-state index contributed by atoms with van der Waals surface area (Å²) in [7, 11) is 1.96. The van der Waals surface area contributed by atoms with Gasteiger partial charge in [0.15, 0.2) is 0 Å². The quantitative estimate of drug-likeness (QED) is 0.824. The van der Waals surface area contributed by atoms with Crippen molar-refractivity contribution in [3.63, 3.8) is 0 Å². The highest BCUT2D eigenvalue weighted by atomic mass is 32.2. The zero-order valence-electron chi connectivity index (χ0n) is 10.1. The number of halogens is 1. The standard InChI is InChI=1S/C13H15FN2S2/c1-15-11(8-13-16-6-7-17-13)9-18-12-4-2-10(14)3-5-12/h2-7,11,15H,8-9H2,1H3. The SMILES string of the molecule is CNC(CSc1ccc(F)cc1)Cc1nccs1. The summed E-state index contributed by atoms with van der Waals surface area (Å²) in [5, 5.41) is 6.44. The first-order chi connectivity index (χ1) is 8.78. The molecular weight excluding hydrogens is 267 g/mol. The maximum atomic E-state index is 12.8. The topological polar surface area (TPSA) is 24.9 Å². The highest BCUT2D eigenvalue weighted by Gasteiger charge is 2.09. The van der Waals surface area contributed by atoms with Crippen LogP contribution < -0.4 is 5.32 Å². The molecule has 2 aromatic rings. The van der Waals surface area contributed by atoms with Gasteiger partial charge in [-0.1, -0.05) is 0 Å². The highest BCUT2D eigenvalue weighted by molar-refractivity contribution is 7.99. The lowest BCUT2D eigenvalue weighted by molar-refractivity contribution is 0.615. The highest BCUT2D eigenvalue weighted by Crippen LogP contribution is 2.20. The Morgan fingerprint density at radius 3 is 2.78 bits per heavy atom. The molecule has 1 atom stereocenters. The first-order valence-electron chi connectivity index (χ1n) is 5.72. The van der Waals surface area contributed by atoms with Crippen LogP contribution in [0.4, 0.5) is 4.39 Å². The third-order valence-corrected chi connectivity index (χ3v) is 4.55. The molecule has 0 radical (unpaired) electrons. The van der Waals surface area contributed by atoms with Crippen LogP contribution in [0.2, 0.25) is 0 Å². The lowest BCUT2D eigenvalue weighted by Crippen LogP contribution is -2.29. The van der Waals surface area contributed by atoms with Crippen LogP contribution >= 0.6 is 23.1 Å². The lowest BCUT2D eigenvalue weighted by Gasteiger charge is -2.14. The summed E-state index contributed by atoms with van der Waals surface area (Å²) in [6, 6.07) is 7.01. The molecule has 2 rings (SSSR count). The maximum Gasteiger partial charge on any atom is 0.123 e. The number of likely N-dealkylation sites (N-methyl/N-ethyl adjacent to an activating group) is 1. The van der Waals surface area contributed by atoms with E-state index in [1.807, 2.05) is 30.8 Å². The first kappa shape index (κ1) is 13.5. The molecule has 0 amide bonds. The summed E-state index contributed by atoms with van der Waals surface area (Å²) in [5.41, 5.74) is 0. The van der Waals surface area contributed by atoms with Crippen LogP contribution in [0.15, 0.2) is 40.7 Å². The van der Waals surface area contributed by atoms with Crippen molar-refractivity contribution in [1.82, 2.24) is 10.3 Å². The molecule has 0 saturated heterocycles. The Kier molecular flexibility index (Phi) is 5.16. The van der Waals surface area contributed by atoms with Crippen LogP contribution in [0.1, 0.15) is 5.01 Å². The van der Waals surface area contributed by atoms with E-state index in [9.17, 15) is 4.39 Å². The predicted molar refractivity (Wildman–Crippen MR) is 75.8 cm³/mol. The molecule has 1 heterocycles. The van der Waals surface area contributed by atoms with Crippen molar-refractivity contribution >= 4 is 23.1 Å². The molecule has 0 aliphatic carbocycles. The van der Waals surface area contributed by atoms with Gasteiger partial charge in [0.2, 0.25) is 0 Å². The third kappa shape index (κ3) is 4.08. The molecule has 1 aromatic heterocycles. The van der Waals surface area contributed by atoms with E-state index in [2.05, 4.69) is 10.3 Å². The average Bonchev–Trinajstić information content (AvgIpc) is 2.89. The van der Waals surface area contributed by atoms with Gasteiger partial charge in [-0.3, -0.25) is 0 Å². The van der Waals surface area contributed by atoms with Gasteiger partial charge in [0.25, 0.3) is 0 Å². The predicted octanol–water partition coefficient (Wildman–Crippen LogP) is 3.21. The number of nitrogens with one attached hydrogen (secondary N) is 1. The number of aromatic nitrogens is 1. The molecular formula is C13H15FN2S2. The fourth-order valence-electron chi connectivity index (χ4n) is 1.54. The molecule has 0 spiro atoms. The van der Waals surface area contributed by atoms with Gasteiger partial charge in [0.1, 0.15) is 5.82 Å². The van der Waals surface area contributed by atoms with E-state index < -0.39 is 0 Å². The van der Waals surface area contributed by atoms with Crippen LogP contribution in [-0.2, 0) is 6.42 Å². The number of hydrogen-bond acceptors (Lipinski definition) is 4.